The molecule has 2 unspecified atom stereocenters. The van der Waals surface area contributed by atoms with E-state index in [1.54, 1.807) is 31.4 Å². The number of hydrogen-bond donors (Lipinski definition) is 1. The lowest BCUT2D eigenvalue weighted by Gasteiger charge is -2.06. The maximum atomic E-state index is 11.7. The normalized spacial score (nSPS) is 14.6. The lowest BCUT2D eigenvalue weighted by molar-refractivity contribution is 0.414. The molecule has 0 saturated carbocycles. The highest BCUT2D eigenvalue weighted by molar-refractivity contribution is 7.85. The molecule has 0 heterocycles. The summed E-state index contributed by atoms with van der Waals surface area (Å²) in [5.74, 6) is 1.13. The van der Waals surface area contributed by atoms with Crippen molar-refractivity contribution in [1.29, 1.82) is 0 Å². The number of methoxy groups -OCH3 is 1. The highest BCUT2D eigenvalue weighted by Gasteiger charge is 2.09. The summed E-state index contributed by atoms with van der Waals surface area (Å²) >= 11 is 5.83. The van der Waals surface area contributed by atoms with Crippen LogP contribution in [0.25, 0.3) is 0 Å². The van der Waals surface area contributed by atoms with Gasteiger partial charge < -0.3 is 10.5 Å². The van der Waals surface area contributed by atoms with E-state index in [-0.39, 0.29) is 5.38 Å². The van der Waals surface area contributed by atoms with Crippen LogP contribution in [0.4, 0.5) is 0 Å². The lowest BCUT2D eigenvalue weighted by Crippen LogP contribution is -2.20. The number of hydrogen-bond acceptors (Lipinski definition) is 3. The van der Waals surface area contributed by atoms with Crippen molar-refractivity contribution in [3.8, 4) is 5.75 Å². The van der Waals surface area contributed by atoms with Gasteiger partial charge in [0.15, 0.2) is 0 Å². The van der Waals surface area contributed by atoms with Crippen molar-refractivity contribution in [1.82, 2.24) is 0 Å². The van der Waals surface area contributed by atoms with Gasteiger partial charge in [-0.15, -0.1) is 11.6 Å². The van der Waals surface area contributed by atoms with E-state index in [0.717, 1.165) is 10.6 Å². The minimum absolute atomic E-state index is 0.243. The molecule has 0 spiro atoms. The molecule has 0 saturated heterocycles. The fourth-order valence-corrected chi connectivity index (χ4v) is 2.50. The summed E-state index contributed by atoms with van der Waals surface area (Å²) in [4.78, 5) is 0.745. The van der Waals surface area contributed by atoms with Gasteiger partial charge in [-0.25, -0.2) is 0 Å². The van der Waals surface area contributed by atoms with Crippen LogP contribution in [0.15, 0.2) is 29.2 Å². The Morgan fingerprint density at radius 2 is 2.07 bits per heavy atom. The van der Waals surface area contributed by atoms with Crippen LogP contribution < -0.4 is 10.5 Å². The summed E-state index contributed by atoms with van der Waals surface area (Å²) in [5.41, 5.74) is 5.36. The van der Waals surface area contributed by atoms with Gasteiger partial charge in [-0.05, 0) is 24.3 Å². The Bertz CT molecular complexity index is 329. The second kappa shape index (κ2) is 6.10. The van der Waals surface area contributed by atoms with Crippen LogP contribution >= 0.6 is 11.6 Å². The zero-order valence-electron chi connectivity index (χ0n) is 8.48. The van der Waals surface area contributed by atoms with Gasteiger partial charge >= 0.3 is 0 Å². The quantitative estimate of drug-likeness (QED) is 0.800. The first-order valence-electron chi connectivity index (χ1n) is 4.54. The number of benzene rings is 1. The molecule has 84 valence electrons. The predicted octanol–water partition coefficient (Wildman–Crippen LogP) is 1.37. The van der Waals surface area contributed by atoms with Crippen molar-refractivity contribution in [2.45, 2.75) is 10.3 Å². The topological polar surface area (TPSA) is 52.3 Å². The molecule has 1 aromatic carbocycles. The number of ether oxygens (including phenoxy) is 1. The van der Waals surface area contributed by atoms with Crippen LogP contribution in [-0.4, -0.2) is 29.0 Å². The lowest BCUT2D eigenvalue weighted by atomic mass is 10.3. The molecule has 15 heavy (non-hydrogen) atoms. The first-order chi connectivity index (χ1) is 7.17. The average Bonchev–Trinajstić information content (AvgIpc) is 2.29. The third-order valence-electron chi connectivity index (χ3n) is 1.91. The molecular formula is C10H14ClNO2S. The first-order valence-corrected chi connectivity index (χ1v) is 6.29. The second-order valence-electron chi connectivity index (χ2n) is 3.02. The van der Waals surface area contributed by atoms with Gasteiger partial charge in [0.25, 0.3) is 0 Å². The molecule has 2 atom stereocenters. The van der Waals surface area contributed by atoms with Gasteiger partial charge in [-0.3, -0.25) is 4.21 Å². The third-order valence-corrected chi connectivity index (χ3v) is 3.93. The van der Waals surface area contributed by atoms with E-state index in [4.69, 9.17) is 22.1 Å². The molecule has 0 bridgehead atoms. The van der Waals surface area contributed by atoms with Gasteiger partial charge in [0, 0.05) is 17.2 Å². The summed E-state index contributed by atoms with van der Waals surface area (Å²) in [6.07, 6.45) is 0. The number of nitrogens with two attached hydrogens (primary N) is 1. The Morgan fingerprint density at radius 1 is 1.47 bits per heavy atom. The van der Waals surface area contributed by atoms with Crippen LogP contribution in [-0.2, 0) is 10.8 Å². The van der Waals surface area contributed by atoms with E-state index < -0.39 is 10.8 Å². The summed E-state index contributed by atoms with van der Waals surface area (Å²) in [7, 11) is 0.501. The zero-order valence-corrected chi connectivity index (χ0v) is 10.1. The van der Waals surface area contributed by atoms with Crippen molar-refractivity contribution < 1.29 is 8.95 Å². The van der Waals surface area contributed by atoms with E-state index in [1.807, 2.05) is 0 Å². The Balaban J connectivity index is 2.66. The van der Waals surface area contributed by atoms with Gasteiger partial charge in [-0.2, -0.15) is 0 Å². The van der Waals surface area contributed by atoms with E-state index in [1.165, 1.54) is 0 Å². The Hall–Kier alpha value is -0.580. The summed E-state index contributed by atoms with van der Waals surface area (Å²) in [6, 6.07) is 7.10. The predicted molar refractivity (Wildman–Crippen MR) is 63.0 cm³/mol. The molecule has 1 rings (SSSR count). The Labute approximate surface area is 97.0 Å². The van der Waals surface area contributed by atoms with Crippen LogP contribution in [0.3, 0.4) is 0 Å². The molecule has 0 amide bonds. The largest absolute Gasteiger partial charge is 0.497 e. The number of halogens is 1. The smallest absolute Gasteiger partial charge is 0.118 e. The maximum absolute atomic E-state index is 11.7. The fourth-order valence-electron chi connectivity index (χ4n) is 1.06. The zero-order chi connectivity index (χ0) is 11.3. The molecule has 5 heteroatoms. The van der Waals surface area contributed by atoms with Crippen molar-refractivity contribution in [3.63, 3.8) is 0 Å². The van der Waals surface area contributed by atoms with Crippen LogP contribution in [0.2, 0.25) is 0 Å². The summed E-state index contributed by atoms with van der Waals surface area (Å²) in [5, 5.41) is -0.243. The molecule has 0 aliphatic heterocycles. The fraction of sp³-hybridized carbons (Fsp3) is 0.400. The second-order valence-corrected chi connectivity index (χ2v) is 5.13. The molecular weight excluding hydrogens is 234 g/mol. The van der Waals surface area contributed by atoms with Crippen molar-refractivity contribution in [2.24, 2.45) is 5.73 Å². The van der Waals surface area contributed by atoms with E-state index in [9.17, 15) is 4.21 Å². The molecule has 0 aromatic heterocycles. The van der Waals surface area contributed by atoms with Gasteiger partial charge in [-0.1, -0.05) is 0 Å². The van der Waals surface area contributed by atoms with E-state index >= 15 is 0 Å². The first kappa shape index (κ1) is 12.5. The van der Waals surface area contributed by atoms with Gasteiger partial charge in [0.05, 0.1) is 23.3 Å². The van der Waals surface area contributed by atoms with Gasteiger partial charge in [0.1, 0.15) is 5.75 Å². The van der Waals surface area contributed by atoms with Crippen LogP contribution in [0.5, 0.6) is 5.75 Å². The van der Waals surface area contributed by atoms with Crippen molar-refractivity contribution >= 4 is 22.4 Å². The van der Waals surface area contributed by atoms with Crippen LogP contribution in [0, 0.1) is 0 Å². The molecule has 1 aromatic rings. The Kier molecular flexibility index (Phi) is 5.08. The molecule has 0 radical (unpaired) electrons. The summed E-state index contributed by atoms with van der Waals surface area (Å²) < 4.78 is 16.8. The minimum Gasteiger partial charge on any atom is -0.497 e. The highest BCUT2D eigenvalue weighted by atomic mass is 35.5. The molecule has 0 aliphatic rings. The third kappa shape index (κ3) is 3.81. The highest BCUT2D eigenvalue weighted by Crippen LogP contribution is 2.15. The van der Waals surface area contributed by atoms with Crippen LogP contribution in [0.1, 0.15) is 0 Å². The number of rotatable bonds is 5. The van der Waals surface area contributed by atoms with Crippen molar-refractivity contribution in [3.05, 3.63) is 24.3 Å². The number of alkyl halides is 1. The molecule has 3 nitrogen and oxygen atoms in total. The molecule has 0 aliphatic carbocycles. The monoisotopic (exact) mass is 247 g/mol. The molecule has 0 fully saturated rings. The van der Waals surface area contributed by atoms with E-state index in [2.05, 4.69) is 0 Å². The summed E-state index contributed by atoms with van der Waals surface area (Å²) in [6.45, 7) is 0.337. The van der Waals surface area contributed by atoms with Gasteiger partial charge in [0.2, 0.25) is 0 Å². The Morgan fingerprint density at radius 3 is 2.53 bits per heavy atom. The average molecular weight is 248 g/mol. The standard InChI is InChI=1S/C10H14ClNO2S/c1-14-9-2-4-10(5-3-9)15(13)7-8(11)6-12/h2-5,8H,6-7,12H2,1H3. The maximum Gasteiger partial charge on any atom is 0.118 e. The molecule has 2 N–H and O–H groups in total. The SMILES string of the molecule is COc1ccc(S(=O)CC(Cl)CN)cc1. The van der Waals surface area contributed by atoms with Crippen molar-refractivity contribution in [2.75, 3.05) is 19.4 Å². The van der Waals surface area contributed by atoms with E-state index in [0.29, 0.717) is 12.3 Å². The minimum atomic E-state index is -1.09.